The lowest BCUT2D eigenvalue weighted by molar-refractivity contribution is -0.384. The van der Waals surface area contributed by atoms with Crippen LogP contribution in [-0.2, 0) is 0 Å². The first-order valence-corrected chi connectivity index (χ1v) is 6.99. The number of hydrogen-bond acceptors (Lipinski definition) is 6. The number of benzene rings is 1. The second-order valence-electron chi connectivity index (χ2n) is 5.39. The molecule has 0 amide bonds. The maximum Gasteiger partial charge on any atom is 0.275 e. The number of hydrogen-bond donors (Lipinski definition) is 2. The number of ether oxygens (including phenoxy) is 1. The highest BCUT2D eigenvalue weighted by Crippen LogP contribution is 2.25. The average Bonchev–Trinajstić information content (AvgIpc) is 2.42. The van der Waals surface area contributed by atoms with Crippen LogP contribution in [0.15, 0.2) is 18.2 Å². The Kier molecular flexibility index (Phi) is 6.39. The molecule has 1 aromatic rings. The summed E-state index contributed by atoms with van der Waals surface area (Å²) >= 11 is 0. The van der Waals surface area contributed by atoms with Crippen molar-refractivity contribution in [2.75, 3.05) is 18.6 Å². The molecule has 0 atom stereocenters. The van der Waals surface area contributed by atoms with Crippen molar-refractivity contribution in [3.8, 4) is 5.75 Å². The lowest BCUT2D eigenvalue weighted by atomic mass is 10.2. The topological polar surface area (TPSA) is 93.7 Å². The third-order valence-corrected chi connectivity index (χ3v) is 3.21. The van der Waals surface area contributed by atoms with E-state index in [9.17, 15) is 10.1 Å². The maximum atomic E-state index is 10.9. The molecule has 118 valence electrons. The number of nitrogens with zero attached hydrogens (tertiary/aromatic N) is 2. The number of nitro benzene ring substituents is 1. The Bertz CT molecular complexity index is 469. The monoisotopic (exact) mass is 296 g/mol. The van der Waals surface area contributed by atoms with Crippen LogP contribution < -0.4 is 16.0 Å². The number of nitro groups is 1. The molecule has 0 bridgehead atoms. The molecule has 0 unspecified atom stereocenters. The van der Waals surface area contributed by atoms with E-state index in [2.05, 4.69) is 38.0 Å². The fourth-order valence-corrected chi connectivity index (χ4v) is 2.24. The first-order chi connectivity index (χ1) is 9.85. The van der Waals surface area contributed by atoms with Gasteiger partial charge in [-0.1, -0.05) is 0 Å². The minimum Gasteiger partial charge on any atom is -0.492 e. The van der Waals surface area contributed by atoms with Crippen molar-refractivity contribution < 1.29 is 9.66 Å². The molecule has 0 saturated heterocycles. The summed E-state index contributed by atoms with van der Waals surface area (Å²) < 4.78 is 5.63. The molecule has 1 rings (SSSR count). The van der Waals surface area contributed by atoms with Crippen LogP contribution in [-0.4, -0.2) is 35.1 Å². The third kappa shape index (κ3) is 5.20. The molecular formula is C14H24N4O3. The van der Waals surface area contributed by atoms with Gasteiger partial charge in [-0.2, -0.15) is 0 Å². The van der Waals surface area contributed by atoms with Crippen LogP contribution in [0, 0.1) is 10.1 Å². The van der Waals surface area contributed by atoms with Gasteiger partial charge in [0.25, 0.3) is 5.69 Å². The van der Waals surface area contributed by atoms with Gasteiger partial charge in [-0.25, -0.2) is 0 Å². The van der Waals surface area contributed by atoms with E-state index in [1.54, 1.807) is 6.07 Å². The molecule has 0 aliphatic carbocycles. The van der Waals surface area contributed by atoms with E-state index in [-0.39, 0.29) is 5.69 Å². The molecular weight excluding hydrogens is 272 g/mol. The number of non-ortho nitro benzene ring substituents is 1. The zero-order valence-electron chi connectivity index (χ0n) is 13.0. The lowest BCUT2D eigenvalue weighted by Gasteiger charge is -2.30. The van der Waals surface area contributed by atoms with Crippen molar-refractivity contribution in [2.24, 2.45) is 5.84 Å². The standard InChI is InChI=1S/C14H24N4O3/c1-10(2)17(11(3)4)5-6-21-14-8-12(16-15)7-13(9-14)18(19)20/h7-11,16H,5-6,15H2,1-4H3. The lowest BCUT2D eigenvalue weighted by Crippen LogP contribution is -2.39. The molecule has 3 N–H and O–H groups in total. The highest BCUT2D eigenvalue weighted by Gasteiger charge is 2.14. The van der Waals surface area contributed by atoms with Crippen molar-refractivity contribution >= 4 is 11.4 Å². The van der Waals surface area contributed by atoms with Gasteiger partial charge in [0.15, 0.2) is 0 Å². The summed E-state index contributed by atoms with van der Waals surface area (Å²) in [6.45, 7) is 9.73. The van der Waals surface area contributed by atoms with Crippen molar-refractivity contribution in [3.05, 3.63) is 28.3 Å². The van der Waals surface area contributed by atoms with E-state index >= 15 is 0 Å². The van der Waals surface area contributed by atoms with Gasteiger partial charge in [-0.05, 0) is 27.7 Å². The number of hydrazine groups is 1. The number of anilines is 1. The second-order valence-corrected chi connectivity index (χ2v) is 5.39. The predicted octanol–water partition coefficient (Wildman–Crippen LogP) is 2.38. The van der Waals surface area contributed by atoms with E-state index in [1.807, 2.05) is 0 Å². The van der Waals surface area contributed by atoms with Gasteiger partial charge in [0.05, 0.1) is 16.7 Å². The summed E-state index contributed by atoms with van der Waals surface area (Å²) in [5.74, 6) is 5.74. The van der Waals surface area contributed by atoms with Gasteiger partial charge in [-0.15, -0.1) is 0 Å². The molecule has 0 aliphatic rings. The molecule has 0 fully saturated rings. The van der Waals surface area contributed by atoms with E-state index in [0.717, 1.165) is 6.54 Å². The van der Waals surface area contributed by atoms with E-state index in [1.165, 1.54) is 12.1 Å². The Morgan fingerprint density at radius 3 is 2.38 bits per heavy atom. The summed E-state index contributed by atoms with van der Waals surface area (Å²) in [6.07, 6.45) is 0. The molecule has 0 spiro atoms. The van der Waals surface area contributed by atoms with Crippen molar-refractivity contribution in [1.29, 1.82) is 0 Å². The zero-order valence-corrected chi connectivity index (χ0v) is 13.0. The predicted molar refractivity (Wildman–Crippen MR) is 83.4 cm³/mol. The molecule has 0 aromatic heterocycles. The molecule has 7 nitrogen and oxygen atoms in total. The molecule has 21 heavy (non-hydrogen) atoms. The van der Waals surface area contributed by atoms with Crippen LogP contribution >= 0.6 is 0 Å². The van der Waals surface area contributed by atoms with E-state index in [4.69, 9.17) is 10.6 Å². The Hall–Kier alpha value is -1.86. The minimum absolute atomic E-state index is 0.0509. The smallest absolute Gasteiger partial charge is 0.275 e. The fraction of sp³-hybridized carbons (Fsp3) is 0.571. The maximum absolute atomic E-state index is 10.9. The number of nitrogen functional groups attached to an aromatic ring is 1. The highest BCUT2D eigenvalue weighted by molar-refractivity contribution is 5.55. The average molecular weight is 296 g/mol. The number of rotatable bonds is 8. The normalized spacial score (nSPS) is 11.2. The largest absolute Gasteiger partial charge is 0.492 e. The van der Waals surface area contributed by atoms with Gasteiger partial charge in [-0.3, -0.25) is 20.9 Å². The third-order valence-electron chi connectivity index (χ3n) is 3.21. The number of nitrogens with two attached hydrogens (primary N) is 1. The molecule has 7 heteroatoms. The van der Waals surface area contributed by atoms with Crippen molar-refractivity contribution in [3.63, 3.8) is 0 Å². The van der Waals surface area contributed by atoms with Gasteiger partial charge < -0.3 is 10.2 Å². The minimum atomic E-state index is -0.470. The molecule has 1 aromatic carbocycles. The van der Waals surface area contributed by atoms with Gasteiger partial charge in [0, 0.05) is 30.8 Å². The van der Waals surface area contributed by atoms with E-state index in [0.29, 0.717) is 30.1 Å². The fourth-order valence-electron chi connectivity index (χ4n) is 2.24. The molecule has 0 radical (unpaired) electrons. The van der Waals surface area contributed by atoms with Crippen molar-refractivity contribution in [1.82, 2.24) is 4.90 Å². The molecule has 0 saturated carbocycles. The number of nitrogens with one attached hydrogen (secondary N) is 1. The van der Waals surface area contributed by atoms with Crippen LogP contribution in [0.1, 0.15) is 27.7 Å². The first-order valence-electron chi connectivity index (χ1n) is 6.99. The first kappa shape index (κ1) is 17.2. The van der Waals surface area contributed by atoms with E-state index < -0.39 is 4.92 Å². The van der Waals surface area contributed by atoms with Gasteiger partial charge >= 0.3 is 0 Å². The summed E-state index contributed by atoms with van der Waals surface area (Å²) in [5.41, 5.74) is 2.80. The van der Waals surface area contributed by atoms with Crippen LogP contribution in [0.25, 0.3) is 0 Å². The van der Waals surface area contributed by atoms with Gasteiger partial charge in [0.2, 0.25) is 0 Å². The Labute approximate surface area is 125 Å². The highest BCUT2D eigenvalue weighted by atomic mass is 16.6. The SMILES string of the molecule is CC(C)N(CCOc1cc(NN)cc([N+](=O)[O-])c1)C(C)C. The van der Waals surface area contributed by atoms with Gasteiger partial charge in [0.1, 0.15) is 12.4 Å². The van der Waals surface area contributed by atoms with Crippen LogP contribution in [0.2, 0.25) is 0 Å². The van der Waals surface area contributed by atoms with Crippen LogP contribution in [0.3, 0.4) is 0 Å². The van der Waals surface area contributed by atoms with Crippen LogP contribution in [0.5, 0.6) is 5.75 Å². The summed E-state index contributed by atoms with van der Waals surface area (Å²) in [5, 5.41) is 10.9. The summed E-state index contributed by atoms with van der Waals surface area (Å²) in [6, 6.07) is 5.24. The Morgan fingerprint density at radius 1 is 1.29 bits per heavy atom. The van der Waals surface area contributed by atoms with Crippen LogP contribution in [0.4, 0.5) is 11.4 Å². The quantitative estimate of drug-likeness (QED) is 0.434. The summed E-state index contributed by atoms with van der Waals surface area (Å²) in [7, 11) is 0. The Morgan fingerprint density at radius 2 is 1.90 bits per heavy atom. The second kappa shape index (κ2) is 7.80. The Balaban J connectivity index is 2.70. The van der Waals surface area contributed by atoms with Crippen molar-refractivity contribution in [2.45, 2.75) is 39.8 Å². The summed E-state index contributed by atoms with van der Waals surface area (Å²) in [4.78, 5) is 12.7. The zero-order chi connectivity index (χ0) is 16.0. The molecule has 0 aliphatic heterocycles. The molecule has 0 heterocycles.